The number of aromatic nitrogens is 2. The predicted octanol–water partition coefficient (Wildman–Crippen LogP) is 8.92. The van der Waals surface area contributed by atoms with Crippen LogP contribution in [0.4, 0.5) is 0 Å². The molecule has 0 atom stereocenters. The number of rotatable bonds is 10. The molecule has 0 spiro atoms. The molecule has 4 aromatic rings. The molecule has 0 bridgehead atoms. The Bertz CT molecular complexity index is 1850. The van der Waals surface area contributed by atoms with Crippen LogP contribution in [0.25, 0.3) is 22.3 Å². The third-order valence-corrected chi connectivity index (χ3v) is 11.3. The fourth-order valence-corrected chi connectivity index (χ4v) is 8.23. The number of phosphoric ester groups is 1. The van der Waals surface area contributed by atoms with Crippen LogP contribution in [0.1, 0.15) is 95.9 Å². The molecule has 268 valence electrons. The average molecular weight is 703 g/mol. The lowest BCUT2D eigenvalue weighted by atomic mass is 9.67. The number of pyridine rings is 2. The van der Waals surface area contributed by atoms with Crippen molar-refractivity contribution in [3.8, 4) is 33.8 Å². The fraction of sp³-hybridized carbons (Fsp3) is 0.450. The Balaban J connectivity index is 0.000000194. The third-order valence-electron chi connectivity index (χ3n) is 10.9. The van der Waals surface area contributed by atoms with Crippen LogP contribution in [0.15, 0.2) is 82.4 Å². The molecule has 0 unspecified atom stereocenters. The normalized spacial score (nSPS) is 16.7. The van der Waals surface area contributed by atoms with Crippen molar-refractivity contribution in [1.29, 1.82) is 0 Å². The zero-order valence-corrected chi connectivity index (χ0v) is 30.1. The van der Waals surface area contributed by atoms with E-state index in [1.165, 1.54) is 57.8 Å². The molecule has 10 heteroatoms. The van der Waals surface area contributed by atoms with Crippen LogP contribution in [0, 0.1) is 17.3 Å². The minimum absolute atomic E-state index is 0.0749. The molecule has 6 rings (SSSR count). The Morgan fingerprint density at radius 2 is 1.20 bits per heavy atom. The molecule has 2 saturated carbocycles. The summed E-state index contributed by atoms with van der Waals surface area (Å²) in [5.41, 5.74) is 3.24. The SMILES string of the molecule is CCC1(CC)CCC(Cc2cc(O)c(-c3ccccc3)c(=O)[nH]2)CC1.O=c1[nH]c(CC2CCCCC2)cc(OP(=O)(O)O)c1-c1ccccc1. The zero-order valence-electron chi connectivity index (χ0n) is 29.2. The van der Waals surface area contributed by atoms with Crippen molar-refractivity contribution in [1.82, 2.24) is 9.97 Å². The van der Waals surface area contributed by atoms with Crippen molar-refractivity contribution in [2.45, 2.75) is 97.3 Å². The summed E-state index contributed by atoms with van der Waals surface area (Å²) in [7, 11) is -4.77. The van der Waals surface area contributed by atoms with Gasteiger partial charge in [0.1, 0.15) is 11.5 Å². The van der Waals surface area contributed by atoms with Gasteiger partial charge in [0.2, 0.25) is 0 Å². The van der Waals surface area contributed by atoms with Crippen LogP contribution in [0.3, 0.4) is 0 Å². The first-order chi connectivity index (χ1) is 24.0. The summed E-state index contributed by atoms with van der Waals surface area (Å²) in [6, 6.07) is 21.4. The number of hydrogen-bond donors (Lipinski definition) is 5. The number of phosphoric acid groups is 1. The Morgan fingerprint density at radius 3 is 1.70 bits per heavy atom. The minimum atomic E-state index is -4.77. The maximum atomic E-state index is 12.6. The third kappa shape index (κ3) is 9.87. The van der Waals surface area contributed by atoms with E-state index in [9.17, 15) is 29.0 Å². The molecule has 2 aromatic heterocycles. The highest BCUT2D eigenvalue weighted by molar-refractivity contribution is 7.46. The quantitative estimate of drug-likeness (QED) is 0.103. The molecule has 0 amide bonds. The average Bonchev–Trinajstić information content (AvgIpc) is 3.09. The molecule has 9 nitrogen and oxygen atoms in total. The second-order valence-corrected chi connectivity index (χ2v) is 15.3. The van der Waals surface area contributed by atoms with Crippen LogP contribution < -0.4 is 15.6 Å². The summed E-state index contributed by atoms with van der Waals surface area (Å²) >= 11 is 0. The smallest absolute Gasteiger partial charge is 0.507 e. The van der Waals surface area contributed by atoms with Gasteiger partial charge in [-0.05, 0) is 66.9 Å². The lowest BCUT2D eigenvalue weighted by Gasteiger charge is -2.39. The molecule has 5 N–H and O–H groups in total. The van der Waals surface area contributed by atoms with Crippen molar-refractivity contribution < 1.29 is 24.0 Å². The zero-order chi connectivity index (χ0) is 35.7. The number of nitrogens with one attached hydrogen (secondary N) is 2. The van der Waals surface area contributed by atoms with E-state index >= 15 is 0 Å². The molecule has 2 fully saturated rings. The van der Waals surface area contributed by atoms with Crippen LogP contribution in [0.2, 0.25) is 0 Å². The van der Waals surface area contributed by atoms with Gasteiger partial charge in [-0.15, -0.1) is 0 Å². The monoisotopic (exact) mass is 702 g/mol. The maximum Gasteiger partial charge on any atom is 0.524 e. The van der Waals surface area contributed by atoms with E-state index in [0.717, 1.165) is 30.5 Å². The van der Waals surface area contributed by atoms with E-state index in [-0.39, 0.29) is 22.6 Å². The molecular formula is C40H51N2O7P. The largest absolute Gasteiger partial charge is 0.524 e. The summed E-state index contributed by atoms with van der Waals surface area (Å²) < 4.78 is 16.2. The molecule has 50 heavy (non-hydrogen) atoms. The molecule has 2 aliphatic rings. The van der Waals surface area contributed by atoms with Gasteiger partial charge < -0.3 is 19.6 Å². The van der Waals surface area contributed by atoms with E-state index in [1.807, 2.05) is 30.3 Å². The van der Waals surface area contributed by atoms with Gasteiger partial charge in [-0.1, -0.05) is 119 Å². The summed E-state index contributed by atoms with van der Waals surface area (Å²) in [5.74, 6) is 1.09. The highest BCUT2D eigenvalue weighted by Gasteiger charge is 2.32. The van der Waals surface area contributed by atoms with Crippen LogP contribution in [-0.4, -0.2) is 24.9 Å². The van der Waals surface area contributed by atoms with Gasteiger partial charge in [-0.25, -0.2) is 4.57 Å². The number of aromatic amines is 2. The predicted molar refractivity (Wildman–Crippen MR) is 198 cm³/mol. The first kappa shape index (κ1) is 37.3. The highest BCUT2D eigenvalue weighted by Crippen LogP contribution is 2.45. The van der Waals surface area contributed by atoms with Gasteiger partial charge in [0.05, 0.1) is 11.1 Å². The molecule has 0 saturated heterocycles. The van der Waals surface area contributed by atoms with Gasteiger partial charge in [0.25, 0.3) is 11.1 Å². The molecule has 2 aromatic carbocycles. The summed E-state index contributed by atoms with van der Waals surface area (Å²) in [6.07, 6.45) is 14.9. The number of hydrogen-bond acceptors (Lipinski definition) is 5. The first-order valence-electron chi connectivity index (χ1n) is 18.1. The Hall–Kier alpha value is -3.91. The first-order valence-corrected chi connectivity index (χ1v) is 19.6. The van der Waals surface area contributed by atoms with Crippen LogP contribution >= 0.6 is 7.82 Å². The van der Waals surface area contributed by atoms with Gasteiger partial charge in [-0.3, -0.25) is 19.4 Å². The lowest BCUT2D eigenvalue weighted by molar-refractivity contribution is 0.135. The highest BCUT2D eigenvalue weighted by atomic mass is 31.2. The lowest BCUT2D eigenvalue weighted by Crippen LogP contribution is -2.27. The number of H-pyrrole nitrogens is 2. The minimum Gasteiger partial charge on any atom is -0.507 e. The summed E-state index contributed by atoms with van der Waals surface area (Å²) in [5, 5.41) is 10.4. The summed E-state index contributed by atoms with van der Waals surface area (Å²) in [4.78, 5) is 49.4. The van der Waals surface area contributed by atoms with Gasteiger partial charge in [0, 0.05) is 23.5 Å². The topological polar surface area (TPSA) is 153 Å². The Labute approximate surface area is 294 Å². The maximum absolute atomic E-state index is 12.6. The van der Waals surface area contributed by atoms with Crippen molar-refractivity contribution in [2.75, 3.05) is 0 Å². The molecule has 2 aliphatic carbocycles. The Morgan fingerprint density at radius 1 is 0.720 bits per heavy atom. The summed E-state index contributed by atoms with van der Waals surface area (Å²) in [6.45, 7) is 4.61. The van der Waals surface area contributed by atoms with Crippen molar-refractivity contribution in [3.63, 3.8) is 0 Å². The second kappa shape index (κ2) is 16.9. The molecule has 2 heterocycles. The number of aromatic hydroxyl groups is 1. The fourth-order valence-electron chi connectivity index (χ4n) is 7.83. The van der Waals surface area contributed by atoms with Gasteiger partial charge in [0.15, 0.2) is 0 Å². The molecule has 0 aliphatic heterocycles. The van der Waals surface area contributed by atoms with E-state index in [0.29, 0.717) is 40.5 Å². The van der Waals surface area contributed by atoms with E-state index < -0.39 is 13.4 Å². The van der Waals surface area contributed by atoms with Crippen LogP contribution in [-0.2, 0) is 17.4 Å². The second-order valence-electron chi connectivity index (χ2n) is 14.1. The van der Waals surface area contributed by atoms with E-state index in [2.05, 4.69) is 23.8 Å². The Kier molecular flexibility index (Phi) is 12.6. The van der Waals surface area contributed by atoms with Crippen molar-refractivity contribution in [3.05, 3.63) is 105 Å². The number of benzene rings is 2. The van der Waals surface area contributed by atoms with E-state index in [1.54, 1.807) is 42.5 Å². The van der Waals surface area contributed by atoms with Crippen LogP contribution in [0.5, 0.6) is 11.5 Å². The van der Waals surface area contributed by atoms with Gasteiger partial charge in [-0.2, -0.15) is 0 Å². The van der Waals surface area contributed by atoms with Gasteiger partial charge >= 0.3 is 7.82 Å². The van der Waals surface area contributed by atoms with E-state index in [4.69, 9.17) is 4.52 Å². The molecular weight excluding hydrogens is 651 g/mol. The van der Waals surface area contributed by atoms with Crippen molar-refractivity contribution >= 4 is 7.82 Å². The van der Waals surface area contributed by atoms with Crippen molar-refractivity contribution in [2.24, 2.45) is 17.3 Å². The standard InChI is InChI=1S/C22H29NO2.C18H22NO5P/c1-3-22(4-2)12-10-16(11-13-22)14-18-15-19(24)20(21(25)23-18)17-8-6-5-7-9-17;20-18-17(14-9-5-2-6-10-14)16(24-25(21,22)23)12-15(19-18)11-13-7-3-1-4-8-13/h5-9,15-16H,3-4,10-14H2,1-2H3,(H2,23,24,25);2,5-6,9-10,12-13H,1,3-4,7-8,11H2,(H,19,20)(H2,21,22,23). The molecule has 0 radical (unpaired) electrons.